The number of fused-ring (bicyclic) bond motifs is 1. The zero-order valence-corrected chi connectivity index (χ0v) is 16.8. The predicted molar refractivity (Wildman–Crippen MR) is 114 cm³/mol. The Morgan fingerprint density at radius 2 is 1.68 bits per heavy atom. The highest BCUT2D eigenvalue weighted by Crippen LogP contribution is 2.21. The summed E-state index contributed by atoms with van der Waals surface area (Å²) in [5, 5.41) is 7.10. The first-order valence-electron chi connectivity index (χ1n) is 9.86. The summed E-state index contributed by atoms with van der Waals surface area (Å²) in [7, 11) is 0. The Kier molecular flexibility index (Phi) is 6.58. The number of para-hydroxylation sites is 1. The van der Waals surface area contributed by atoms with E-state index >= 15 is 0 Å². The molecule has 0 aliphatic rings. The summed E-state index contributed by atoms with van der Waals surface area (Å²) < 4.78 is 5.64. The quantitative estimate of drug-likeness (QED) is 0.545. The Morgan fingerprint density at radius 1 is 1.00 bits per heavy atom. The molecule has 148 valence electrons. The molecule has 1 heterocycles. The Morgan fingerprint density at radius 3 is 2.39 bits per heavy atom. The van der Waals surface area contributed by atoms with Crippen LogP contribution in [0, 0.1) is 6.92 Å². The van der Waals surface area contributed by atoms with E-state index in [0.29, 0.717) is 13.1 Å². The largest absolute Gasteiger partial charge is 0.491 e. The zero-order chi connectivity index (χ0) is 19.9. The summed E-state index contributed by atoms with van der Waals surface area (Å²) in [5.41, 5.74) is 4.74. The van der Waals surface area contributed by atoms with Crippen LogP contribution in [0.5, 0.6) is 5.75 Å². The summed E-state index contributed by atoms with van der Waals surface area (Å²) in [6.07, 6.45) is 1.77. The minimum Gasteiger partial charge on any atom is -0.491 e. The standard InChI is InChI=1S/C23H29N3O2/c1-16(2)28-19-10-8-18(9-11-19)12-14-24-23(27)25-15-13-20-17(3)26-22-7-5-4-6-21(20)22/h4-11,16,26H,12-15H2,1-3H3,(H2,24,25,27). The van der Waals surface area contributed by atoms with Gasteiger partial charge in [0.15, 0.2) is 0 Å². The number of carbonyl (C=O) groups excluding carboxylic acids is 1. The van der Waals surface area contributed by atoms with Crippen molar-refractivity contribution in [1.29, 1.82) is 0 Å². The lowest BCUT2D eigenvalue weighted by Crippen LogP contribution is -2.37. The number of nitrogens with one attached hydrogen (secondary N) is 3. The molecule has 0 atom stereocenters. The third-order valence-corrected chi connectivity index (χ3v) is 4.68. The van der Waals surface area contributed by atoms with Gasteiger partial charge in [0.05, 0.1) is 6.10 Å². The van der Waals surface area contributed by atoms with Crippen LogP contribution in [-0.4, -0.2) is 30.2 Å². The highest BCUT2D eigenvalue weighted by atomic mass is 16.5. The highest BCUT2D eigenvalue weighted by molar-refractivity contribution is 5.84. The molecule has 0 bridgehead atoms. The van der Waals surface area contributed by atoms with E-state index in [4.69, 9.17) is 4.74 Å². The number of hydrogen-bond acceptors (Lipinski definition) is 2. The Hall–Kier alpha value is -2.95. The van der Waals surface area contributed by atoms with Gasteiger partial charge in [0.1, 0.15) is 5.75 Å². The van der Waals surface area contributed by atoms with E-state index < -0.39 is 0 Å². The number of rotatable bonds is 8. The van der Waals surface area contributed by atoms with Crippen LogP contribution >= 0.6 is 0 Å². The number of benzene rings is 2. The van der Waals surface area contributed by atoms with E-state index in [1.165, 1.54) is 16.5 Å². The molecule has 2 amide bonds. The lowest BCUT2D eigenvalue weighted by Gasteiger charge is -2.11. The molecule has 0 radical (unpaired) electrons. The molecular formula is C23H29N3O2. The van der Waals surface area contributed by atoms with Gasteiger partial charge >= 0.3 is 6.03 Å². The number of aromatic nitrogens is 1. The molecule has 2 aromatic carbocycles. The lowest BCUT2D eigenvalue weighted by molar-refractivity contribution is 0.240. The van der Waals surface area contributed by atoms with Gasteiger partial charge in [0.25, 0.3) is 0 Å². The minimum absolute atomic E-state index is 0.128. The number of aryl methyl sites for hydroxylation is 1. The van der Waals surface area contributed by atoms with E-state index in [1.807, 2.05) is 50.2 Å². The maximum atomic E-state index is 12.0. The Bertz CT molecular complexity index is 913. The molecule has 0 saturated heterocycles. The van der Waals surface area contributed by atoms with Crippen molar-refractivity contribution in [1.82, 2.24) is 15.6 Å². The topological polar surface area (TPSA) is 66.2 Å². The average molecular weight is 380 g/mol. The van der Waals surface area contributed by atoms with Gasteiger partial charge in [0, 0.05) is 29.7 Å². The number of H-pyrrole nitrogens is 1. The van der Waals surface area contributed by atoms with Crippen molar-refractivity contribution in [3.63, 3.8) is 0 Å². The molecule has 0 saturated carbocycles. The van der Waals surface area contributed by atoms with Gasteiger partial charge in [-0.1, -0.05) is 30.3 Å². The van der Waals surface area contributed by atoms with Gasteiger partial charge in [-0.15, -0.1) is 0 Å². The second-order valence-corrected chi connectivity index (χ2v) is 7.27. The Labute approximate surface area is 166 Å². The molecular weight excluding hydrogens is 350 g/mol. The van der Waals surface area contributed by atoms with Gasteiger partial charge in [-0.25, -0.2) is 4.79 Å². The molecule has 0 unspecified atom stereocenters. The summed E-state index contributed by atoms with van der Waals surface area (Å²) >= 11 is 0. The molecule has 0 spiro atoms. The first-order valence-corrected chi connectivity index (χ1v) is 9.86. The van der Waals surface area contributed by atoms with Gasteiger partial charge in [0.2, 0.25) is 0 Å². The van der Waals surface area contributed by atoms with Crippen molar-refractivity contribution in [2.75, 3.05) is 13.1 Å². The highest BCUT2D eigenvalue weighted by Gasteiger charge is 2.08. The van der Waals surface area contributed by atoms with Crippen LogP contribution in [-0.2, 0) is 12.8 Å². The van der Waals surface area contributed by atoms with Crippen LogP contribution in [0.25, 0.3) is 10.9 Å². The van der Waals surface area contributed by atoms with Gasteiger partial charge in [-0.3, -0.25) is 0 Å². The smallest absolute Gasteiger partial charge is 0.314 e. The normalized spacial score (nSPS) is 11.0. The summed E-state index contributed by atoms with van der Waals surface area (Å²) in [6, 6.07) is 16.2. The Balaban J connectivity index is 1.39. The number of amides is 2. The summed E-state index contributed by atoms with van der Waals surface area (Å²) in [4.78, 5) is 15.4. The molecule has 5 nitrogen and oxygen atoms in total. The third kappa shape index (κ3) is 5.28. The van der Waals surface area contributed by atoms with Crippen LogP contribution < -0.4 is 15.4 Å². The third-order valence-electron chi connectivity index (χ3n) is 4.68. The molecule has 0 aliphatic carbocycles. The van der Waals surface area contributed by atoms with E-state index in [0.717, 1.165) is 29.8 Å². The fraction of sp³-hybridized carbons (Fsp3) is 0.348. The summed E-state index contributed by atoms with van der Waals surface area (Å²) in [6.45, 7) is 7.30. The first kappa shape index (κ1) is 19.8. The van der Waals surface area contributed by atoms with Crippen molar-refractivity contribution in [3.8, 4) is 5.75 Å². The molecule has 0 fully saturated rings. The molecule has 1 aromatic heterocycles. The molecule has 3 N–H and O–H groups in total. The maximum absolute atomic E-state index is 12.0. The zero-order valence-electron chi connectivity index (χ0n) is 16.8. The second-order valence-electron chi connectivity index (χ2n) is 7.27. The van der Waals surface area contributed by atoms with E-state index in [-0.39, 0.29) is 12.1 Å². The molecule has 28 heavy (non-hydrogen) atoms. The van der Waals surface area contributed by atoms with Crippen molar-refractivity contribution >= 4 is 16.9 Å². The van der Waals surface area contributed by atoms with Crippen molar-refractivity contribution in [2.45, 2.75) is 39.7 Å². The maximum Gasteiger partial charge on any atom is 0.314 e. The molecule has 0 aliphatic heterocycles. The molecule has 3 aromatic rings. The number of aromatic amines is 1. The monoisotopic (exact) mass is 379 g/mol. The summed E-state index contributed by atoms with van der Waals surface area (Å²) in [5.74, 6) is 0.872. The number of hydrogen-bond donors (Lipinski definition) is 3. The number of carbonyl (C=O) groups is 1. The van der Waals surface area contributed by atoms with Crippen molar-refractivity contribution in [3.05, 3.63) is 65.4 Å². The van der Waals surface area contributed by atoms with Gasteiger partial charge in [-0.2, -0.15) is 0 Å². The number of urea groups is 1. The van der Waals surface area contributed by atoms with Gasteiger partial charge < -0.3 is 20.4 Å². The van der Waals surface area contributed by atoms with Crippen LogP contribution in [0.4, 0.5) is 4.79 Å². The first-order chi connectivity index (χ1) is 13.5. The van der Waals surface area contributed by atoms with E-state index in [9.17, 15) is 4.79 Å². The fourth-order valence-corrected chi connectivity index (χ4v) is 3.35. The van der Waals surface area contributed by atoms with E-state index in [2.05, 4.69) is 34.7 Å². The van der Waals surface area contributed by atoms with Crippen molar-refractivity contribution in [2.24, 2.45) is 0 Å². The molecule has 5 heteroatoms. The van der Waals surface area contributed by atoms with Crippen LogP contribution in [0.3, 0.4) is 0 Å². The van der Waals surface area contributed by atoms with Crippen molar-refractivity contribution < 1.29 is 9.53 Å². The van der Waals surface area contributed by atoms with Crippen LogP contribution in [0.1, 0.15) is 30.7 Å². The SMILES string of the molecule is Cc1[nH]c2ccccc2c1CCNC(=O)NCCc1ccc(OC(C)C)cc1. The predicted octanol–water partition coefficient (Wildman–Crippen LogP) is 4.35. The fourth-order valence-electron chi connectivity index (χ4n) is 3.35. The van der Waals surface area contributed by atoms with Gasteiger partial charge in [-0.05, 0) is 62.9 Å². The average Bonchev–Trinajstić information content (AvgIpc) is 2.98. The second kappa shape index (κ2) is 9.31. The van der Waals surface area contributed by atoms with Crippen LogP contribution in [0.15, 0.2) is 48.5 Å². The molecule has 3 rings (SSSR count). The van der Waals surface area contributed by atoms with E-state index in [1.54, 1.807) is 0 Å². The van der Waals surface area contributed by atoms with Crippen LogP contribution in [0.2, 0.25) is 0 Å². The minimum atomic E-state index is -0.128. The lowest BCUT2D eigenvalue weighted by atomic mass is 10.1. The number of ether oxygens (including phenoxy) is 1.